The number of methoxy groups -OCH3 is 2. The maximum atomic E-state index is 6.00. The van der Waals surface area contributed by atoms with Crippen LogP contribution in [0.4, 0.5) is 5.69 Å². The fourth-order valence-corrected chi connectivity index (χ4v) is 4.02. The molecule has 3 aromatic carbocycles. The summed E-state index contributed by atoms with van der Waals surface area (Å²) in [6.45, 7) is 8.12. The Labute approximate surface area is 182 Å². The van der Waals surface area contributed by atoms with E-state index in [9.17, 15) is 0 Å². The van der Waals surface area contributed by atoms with Gasteiger partial charge in [-0.1, -0.05) is 29.8 Å². The average Bonchev–Trinajstić information content (AvgIpc) is 2.95. The maximum absolute atomic E-state index is 6.00. The highest BCUT2D eigenvalue weighted by Gasteiger charge is 2.15. The second-order valence-corrected chi connectivity index (χ2v) is 7.79. The lowest BCUT2D eigenvalue weighted by molar-refractivity contribution is 0.415. The topological polar surface area (TPSA) is 44.0 Å². The lowest BCUT2D eigenvalue weighted by Gasteiger charge is -2.04. The Hall–Kier alpha value is -3.53. The summed E-state index contributed by atoms with van der Waals surface area (Å²) in [5.74, 6) is 3.22. The van der Waals surface area contributed by atoms with E-state index in [0.29, 0.717) is 0 Å². The molecule has 4 aromatic rings. The highest BCUT2D eigenvalue weighted by molar-refractivity contribution is 5.93. The number of rotatable bonds is 4. The summed E-state index contributed by atoms with van der Waals surface area (Å²) in [5.41, 5.74) is 5.36. The summed E-state index contributed by atoms with van der Waals surface area (Å²) in [6, 6.07) is 18.5. The summed E-state index contributed by atoms with van der Waals surface area (Å²) in [7, 11) is 3.36. The normalized spacial score (nSPS) is 11.7. The van der Waals surface area contributed by atoms with E-state index in [0.717, 1.165) is 61.5 Å². The molecule has 0 aliphatic carbocycles. The van der Waals surface area contributed by atoms with Gasteiger partial charge in [0, 0.05) is 0 Å². The van der Waals surface area contributed by atoms with E-state index < -0.39 is 0 Å². The first-order chi connectivity index (χ1) is 14.9. The molecule has 0 amide bonds. The van der Waals surface area contributed by atoms with Crippen LogP contribution in [0, 0.1) is 27.7 Å². The van der Waals surface area contributed by atoms with Gasteiger partial charge in [0.1, 0.15) is 23.0 Å². The molecular weight excluding hydrogens is 386 g/mol. The first kappa shape index (κ1) is 20.7. The maximum Gasteiger partial charge on any atom is 0.130 e. The van der Waals surface area contributed by atoms with Crippen molar-refractivity contribution >= 4 is 16.5 Å². The van der Waals surface area contributed by atoms with Crippen molar-refractivity contribution in [2.75, 3.05) is 14.2 Å². The van der Waals surface area contributed by atoms with Crippen molar-refractivity contribution in [1.82, 2.24) is 0 Å². The Morgan fingerprint density at radius 2 is 1.42 bits per heavy atom. The van der Waals surface area contributed by atoms with Crippen LogP contribution in [0.25, 0.3) is 21.9 Å². The van der Waals surface area contributed by atoms with E-state index in [1.54, 1.807) is 14.2 Å². The fourth-order valence-electron chi connectivity index (χ4n) is 4.02. The first-order valence-corrected chi connectivity index (χ1v) is 10.3. The summed E-state index contributed by atoms with van der Waals surface area (Å²) in [6.07, 6.45) is 0. The summed E-state index contributed by atoms with van der Waals surface area (Å²) < 4.78 is 17.1. The Morgan fingerprint density at radius 1 is 0.710 bits per heavy atom. The number of benzene rings is 2. The number of nitrogens with zero attached hydrogens (tertiary/aromatic N) is 1. The minimum Gasteiger partial charge on any atom is -0.497 e. The zero-order chi connectivity index (χ0) is 22.1. The van der Waals surface area contributed by atoms with E-state index in [1.807, 2.05) is 44.2 Å². The zero-order valence-corrected chi connectivity index (χ0v) is 18.9. The fraction of sp³-hybridized carbons (Fsp3) is 0.222. The molecule has 4 rings (SSSR count). The molecule has 0 unspecified atom stereocenters. The van der Waals surface area contributed by atoms with Crippen molar-refractivity contribution in [3.63, 3.8) is 0 Å². The van der Waals surface area contributed by atoms with Crippen LogP contribution in [-0.2, 0) is 0 Å². The van der Waals surface area contributed by atoms with Gasteiger partial charge in [-0.15, -0.1) is 0 Å². The third-order valence-corrected chi connectivity index (χ3v) is 5.58. The lowest BCUT2D eigenvalue weighted by atomic mass is 10.1. The Balaban J connectivity index is 2.11. The monoisotopic (exact) mass is 413 g/mol. The highest BCUT2D eigenvalue weighted by Crippen LogP contribution is 2.34. The minimum atomic E-state index is 0.761. The first-order valence-electron chi connectivity index (χ1n) is 10.3. The van der Waals surface area contributed by atoms with E-state index in [-0.39, 0.29) is 0 Å². The van der Waals surface area contributed by atoms with Gasteiger partial charge in [-0.25, -0.2) is 4.99 Å². The Bertz CT molecular complexity index is 1330. The molecular formula is C27H27NO3. The average molecular weight is 414 g/mol. The number of aryl methyl sites for hydroxylation is 4. The molecule has 1 heterocycles. The van der Waals surface area contributed by atoms with Crippen LogP contribution in [0.15, 0.2) is 64.0 Å². The van der Waals surface area contributed by atoms with Crippen LogP contribution < -0.4 is 14.8 Å². The molecule has 0 N–H and O–H groups in total. The summed E-state index contributed by atoms with van der Waals surface area (Å²) >= 11 is 0. The van der Waals surface area contributed by atoms with Crippen molar-refractivity contribution in [3.8, 4) is 22.6 Å². The van der Waals surface area contributed by atoms with Crippen LogP contribution in [-0.4, -0.2) is 14.2 Å². The smallest absolute Gasteiger partial charge is 0.130 e. The van der Waals surface area contributed by atoms with Crippen molar-refractivity contribution in [2.24, 2.45) is 4.99 Å². The molecule has 0 spiro atoms. The molecule has 1 aromatic heterocycles. The van der Waals surface area contributed by atoms with Gasteiger partial charge in [0.25, 0.3) is 0 Å². The molecule has 31 heavy (non-hydrogen) atoms. The number of hydrogen-bond acceptors (Lipinski definition) is 4. The molecule has 0 fully saturated rings. The van der Waals surface area contributed by atoms with Gasteiger partial charge in [-0.2, -0.15) is 0 Å². The van der Waals surface area contributed by atoms with Gasteiger partial charge >= 0.3 is 0 Å². The van der Waals surface area contributed by atoms with Gasteiger partial charge < -0.3 is 13.9 Å². The molecule has 0 aliphatic heterocycles. The Kier molecular flexibility index (Phi) is 5.55. The predicted molar refractivity (Wildman–Crippen MR) is 125 cm³/mol. The van der Waals surface area contributed by atoms with Gasteiger partial charge in [-0.3, -0.25) is 0 Å². The van der Waals surface area contributed by atoms with E-state index in [4.69, 9.17) is 18.9 Å². The number of furan rings is 1. The molecule has 4 nitrogen and oxygen atoms in total. The number of fused-ring (bicyclic) bond motifs is 1. The lowest BCUT2D eigenvalue weighted by Crippen LogP contribution is -2.00. The SMILES string of the molecule is COc1ccc(-c2cc(OC)c3c(C)oc(C)c3c(=Nc3ccc(C)cc3C)c2)cc1. The molecule has 158 valence electrons. The number of ether oxygens (including phenoxy) is 2. The summed E-state index contributed by atoms with van der Waals surface area (Å²) in [4.78, 5) is 5.08. The quantitative estimate of drug-likeness (QED) is 0.379. The second kappa shape index (κ2) is 8.31. The molecule has 0 saturated carbocycles. The molecule has 0 aliphatic rings. The minimum absolute atomic E-state index is 0.761. The Morgan fingerprint density at radius 3 is 2.06 bits per heavy atom. The predicted octanol–water partition coefficient (Wildman–Crippen LogP) is 6.58. The van der Waals surface area contributed by atoms with Crippen molar-refractivity contribution < 1.29 is 13.9 Å². The molecule has 4 heteroatoms. The van der Waals surface area contributed by atoms with Gasteiger partial charge in [0.2, 0.25) is 0 Å². The van der Waals surface area contributed by atoms with Crippen LogP contribution in [0.1, 0.15) is 22.6 Å². The molecule has 0 saturated heterocycles. The van der Waals surface area contributed by atoms with Crippen molar-refractivity contribution in [2.45, 2.75) is 27.7 Å². The largest absolute Gasteiger partial charge is 0.497 e. The van der Waals surface area contributed by atoms with Crippen molar-refractivity contribution in [3.05, 3.63) is 82.6 Å². The van der Waals surface area contributed by atoms with Crippen molar-refractivity contribution in [1.29, 1.82) is 0 Å². The van der Waals surface area contributed by atoms with Crippen LogP contribution in [0.5, 0.6) is 11.5 Å². The van der Waals surface area contributed by atoms with E-state index in [2.05, 4.69) is 38.1 Å². The van der Waals surface area contributed by atoms with Crippen LogP contribution >= 0.6 is 0 Å². The molecule has 0 radical (unpaired) electrons. The van der Waals surface area contributed by atoms with Crippen LogP contribution in [0.2, 0.25) is 0 Å². The molecule has 0 atom stereocenters. The van der Waals surface area contributed by atoms with Gasteiger partial charge in [0.15, 0.2) is 0 Å². The number of hydrogen-bond donors (Lipinski definition) is 0. The second-order valence-electron chi connectivity index (χ2n) is 7.79. The van der Waals surface area contributed by atoms with E-state index in [1.165, 1.54) is 5.56 Å². The highest BCUT2D eigenvalue weighted by atomic mass is 16.5. The van der Waals surface area contributed by atoms with Gasteiger partial charge in [0.05, 0.1) is 36.0 Å². The summed E-state index contributed by atoms with van der Waals surface area (Å²) in [5, 5.41) is 2.77. The molecule has 0 bridgehead atoms. The van der Waals surface area contributed by atoms with E-state index >= 15 is 0 Å². The zero-order valence-electron chi connectivity index (χ0n) is 18.9. The third-order valence-electron chi connectivity index (χ3n) is 5.58. The van der Waals surface area contributed by atoms with Crippen LogP contribution in [0.3, 0.4) is 0 Å². The standard InChI is InChI=1S/C27H27NO3/c1-16-7-12-23(17(2)13-16)28-24-14-21(20-8-10-22(29-5)11-9-20)15-25(30-6)27-19(4)31-18(3)26(24)27/h7-15H,1-6H3. The third kappa shape index (κ3) is 3.93. The van der Waals surface area contributed by atoms with Gasteiger partial charge in [-0.05, 0) is 74.7 Å².